The summed E-state index contributed by atoms with van der Waals surface area (Å²) in [6.07, 6.45) is 3.72. The van der Waals surface area contributed by atoms with Crippen molar-refractivity contribution < 1.29 is 17.9 Å². The standard InChI is InChI=1S/C20H18ClF3N2O/c21-13-8-12(9-15(10-13)27-14-4-2-1-3-5-14)16-11-26-17-6-7-25-19(18(16)17)20(22,23)24/h6-11,14,26H,1-5H2. The molecule has 27 heavy (non-hydrogen) atoms. The molecule has 3 nitrogen and oxygen atoms in total. The van der Waals surface area contributed by atoms with Gasteiger partial charge in [0.15, 0.2) is 5.69 Å². The number of ether oxygens (including phenoxy) is 1. The highest BCUT2D eigenvalue weighted by molar-refractivity contribution is 6.31. The lowest BCUT2D eigenvalue weighted by Gasteiger charge is -2.23. The lowest BCUT2D eigenvalue weighted by atomic mass is 9.97. The molecule has 0 spiro atoms. The Morgan fingerprint density at radius 1 is 1.11 bits per heavy atom. The Morgan fingerprint density at radius 2 is 1.89 bits per heavy atom. The zero-order valence-corrected chi connectivity index (χ0v) is 15.2. The van der Waals surface area contributed by atoms with Crippen molar-refractivity contribution >= 4 is 22.5 Å². The number of H-pyrrole nitrogens is 1. The maximum absolute atomic E-state index is 13.4. The minimum atomic E-state index is -4.55. The Morgan fingerprint density at radius 3 is 2.63 bits per heavy atom. The van der Waals surface area contributed by atoms with Gasteiger partial charge in [-0.1, -0.05) is 18.0 Å². The molecule has 2 heterocycles. The van der Waals surface area contributed by atoms with Crippen LogP contribution in [0.5, 0.6) is 5.75 Å². The molecule has 0 aliphatic heterocycles. The van der Waals surface area contributed by atoms with Crippen LogP contribution in [-0.4, -0.2) is 16.1 Å². The Balaban J connectivity index is 1.77. The van der Waals surface area contributed by atoms with E-state index in [2.05, 4.69) is 9.97 Å². The summed E-state index contributed by atoms with van der Waals surface area (Å²) in [5.74, 6) is 0.580. The number of nitrogens with one attached hydrogen (secondary N) is 1. The molecule has 0 amide bonds. The van der Waals surface area contributed by atoms with Crippen LogP contribution in [0, 0.1) is 0 Å². The average molecular weight is 395 g/mol. The van der Waals surface area contributed by atoms with Crippen molar-refractivity contribution in [3.05, 3.63) is 47.4 Å². The molecular formula is C20H18ClF3N2O. The van der Waals surface area contributed by atoms with Crippen molar-refractivity contribution in [3.8, 4) is 16.9 Å². The van der Waals surface area contributed by atoms with E-state index in [-0.39, 0.29) is 11.5 Å². The Kier molecular flexibility index (Phi) is 4.76. The molecule has 0 radical (unpaired) electrons. The zero-order valence-electron chi connectivity index (χ0n) is 14.4. The number of hydrogen-bond acceptors (Lipinski definition) is 2. The molecule has 1 aliphatic rings. The number of rotatable bonds is 3. The first-order valence-corrected chi connectivity index (χ1v) is 9.30. The van der Waals surface area contributed by atoms with Crippen molar-refractivity contribution in [2.75, 3.05) is 0 Å². The number of nitrogens with zero attached hydrogens (tertiary/aromatic N) is 1. The normalized spacial score (nSPS) is 16.0. The number of aromatic nitrogens is 2. The first-order valence-electron chi connectivity index (χ1n) is 8.93. The quantitative estimate of drug-likeness (QED) is 0.542. The minimum Gasteiger partial charge on any atom is -0.490 e. The fourth-order valence-corrected chi connectivity index (χ4v) is 3.91. The van der Waals surface area contributed by atoms with Crippen molar-refractivity contribution in [1.29, 1.82) is 0 Å². The molecule has 4 rings (SSSR count). The van der Waals surface area contributed by atoms with Gasteiger partial charge in [-0.15, -0.1) is 0 Å². The van der Waals surface area contributed by atoms with E-state index in [1.165, 1.54) is 12.5 Å². The largest absolute Gasteiger partial charge is 0.490 e. The van der Waals surface area contributed by atoms with Gasteiger partial charge in [0.25, 0.3) is 0 Å². The van der Waals surface area contributed by atoms with E-state index in [1.807, 2.05) is 0 Å². The zero-order chi connectivity index (χ0) is 19.0. The van der Waals surface area contributed by atoms with E-state index in [4.69, 9.17) is 16.3 Å². The minimum absolute atomic E-state index is 0.0379. The van der Waals surface area contributed by atoms with Crippen LogP contribution in [0.3, 0.4) is 0 Å². The van der Waals surface area contributed by atoms with E-state index in [9.17, 15) is 13.2 Å². The van der Waals surface area contributed by atoms with Crippen molar-refractivity contribution in [3.63, 3.8) is 0 Å². The fourth-order valence-electron chi connectivity index (χ4n) is 3.68. The van der Waals surface area contributed by atoms with Crippen LogP contribution >= 0.6 is 11.6 Å². The fraction of sp³-hybridized carbons (Fsp3) is 0.350. The second-order valence-corrected chi connectivity index (χ2v) is 7.27. The number of fused-ring (bicyclic) bond motifs is 1. The maximum atomic E-state index is 13.4. The molecule has 2 aromatic heterocycles. The van der Waals surface area contributed by atoms with E-state index in [0.29, 0.717) is 27.4 Å². The van der Waals surface area contributed by atoms with E-state index in [1.54, 1.807) is 24.4 Å². The highest BCUT2D eigenvalue weighted by atomic mass is 35.5. The van der Waals surface area contributed by atoms with E-state index in [0.717, 1.165) is 31.9 Å². The number of pyridine rings is 1. The number of alkyl halides is 3. The molecule has 1 aliphatic carbocycles. The summed E-state index contributed by atoms with van der Waals surface area (Å²) >= 11 is 6.24. The molecule has 1 N–H and O–H groups in total. The van der Waals surface area contributed by atoms with Gasteiger partial charge in [0, 0.05) is 33.9 Å². The summed E-state index contributed by atoms with van der Waals surface area (Å²) in [6.45, 7) is 0. The van der Waals surface area contributed by atoms with Crippen molar-refractivity contribution in [2.24, 2.45) is 0 Å². The third-order valence-corrected chi connectivity index (χ3v) is 5.12. The second-order valence-electron chi connectivity index (χ2n) is 6.84. The van der Waals surface area contributed by atoms with Crippen LogP contribution in [0.2, 0.25) is 5.02 Å². The van der Waals surface area contributed by atoms with Gasteiger partial charge >= 0.3 is 6.18 Å². The Labute approximate surface area is 159 Å². The highest BCUT2D eigenvalue weighted by Gasteiger charge is 2.36. The van der Waals surface area contributed by atoms with Gasteiger partial charge in [0.2, 0.25) is 0 Å². The summed E-state index contributed by atoms with van der Waals surface area (Å²) in [5, 5.41) is 0.459. The Hall–Kier alpha value is -2.21. The predicted octanol–water partition coefficient (Wildman–Crippen LogP) is 6.61. The van der Waals surface area contributed by atoms with Gasteiger partial charge in [-0.05, 0) is 55.5 Å². The third-order valence-electron chi connectivity index (χ3n) is 4.90. The van der Waals surface area contributed by atoms with Crippen LogP contribution in [0.15, 0.2) is 36.7 Å². The van der Waals surface area contributed by atoms with Gasteiger partial charge in [-0.3, -0.25) is 4.98 Å². The lowest BCUT2D eigenvalue weighted by Crippen LogP contribution is -2.19. The molecule has 1 fully saturated rings. The number of benzene rings is 1. The van der Waals surface area contributed by atoms with Crippen LogP contribution in [-0.2, 0) is 6.18 Å². The molecule has 7 heteroatoms. The summed E-state index contributed by atoms with van der Waals surface area (Å²) in [7, 11) is 0. The predicted molar refractivity (Wildman–Crippen MR) is 99.0 cm³/mol. The first-order chi connectivity index (χ1) is 12.9. The summed E-state index contributed by atoms with van der Waals surface area (Å²) in [6, 6.07) is 6.62. The van der Waals surface area contributed by atoms with Gasteiger partial charge in [-0.25, -0.2) is 0 Å². The molecule has 1 aromatic carbocycles. The average Bonchev–Trinajstić information content (AvgIpc) is 3.05. The van der Waals surface area contributed by atoms with E-state index >= 15 is 0 Å². The summed E-state index contributed by atoms with van der Waals surface area (Å²) in [5.41, 5.74) is 0.438. The van der Waals surface area contributed by atoms with Crippen molar-refractivity contribution in [1.82, 2.24) is 9.97 Å². The first kappa shape index (κ1) is 18.2. The van der Waals surface area contributed by atoms with Gasteiger partial charge in [-0.2, -0.15) is 13.2 Å². The smallest absolute Gasteiger partial charge is 0.434 e. The molecule has 0 bridgehead atoms. The summed E-state index contributed by atoms with van der Waals surface area (Å²) in [4.78, 5) is 6.46. The van der Waals surface area contributed by atoms with Crippen molar-refractivity contribution in [2.45, 2.75) is 44.4 Å². The molecule has 0 unspecified atom stereocenters. The molecule has 0 saturated heterocycles. The Bertz CT molecular complexity index is 962. The third kappa shape index (κ3) is 3.76. The molecular weight excluding hydrogens is 377 g/mol. The second kappa shape index (κ2) is 7.08. The molecule has 1 saturated carbocycles. The lowest BCUT2D eigenvalue weighted by molar-refractivity contribution is -0.139. The number of hydrogen-bond donors (Lipinski definition) is 1. The highest BCUT2D eigenvalue weighted by Crippen LogP contribution is 2.40. The maximum Gasteiger partial charge on any atom is 0.434 e. The summed E-state index contributed by atoms with van der Waals surface area (Å²) < 4.78 is 46.3. The van der Waals surface area contributed by atoms with E-state index < -0.39 is 11.9 Å². The monoisotopic (exact) mass is 394 g/mol. The number of aromatic amines is 1. The van der Waals surface area contributed by atoms with Gasteiger partial charge < -0.3 is 9.72 Å². The van der Waals surface area contributed by atoms with Gasteiger partial charge in [0.1, 0.15) is 5.75 Å². The molecule has 0 atom stereocenters. The van der Waals surface area contributed by atoms with Crippen LogP contribution < -0.4 is 4.74 Å². The van der Waals surface area contributed by atoms with Crippen LogP contribution in [0.1, 0.15) is 37.8 Å². The topological polar surface area (TPSA) is 37.9 Å². The van der Waals surface area contributed by atoms with Crippen LogP contribution in [0.25, 0.3) is 22.0 Å². The SMILES string of the molecule is FC(F)(F)c1nccc2[nH]cc(-c3cc(Cl)cc(OC4CCCCC4)c3)c12. The molecule has 3 aromatic rings. The number of halogens is 4. The molecule has 142 valence electrons. The van der Waals surface area contributed by atoms with Gasteiger partial charge in [0.05, 0.1) is 6.10 Å². The van der Waals surface area contributed by atoms with Crippen LogP contribution in [0.4, 0.5) is 13.2 Å².